The Bertz CT molecular complexity index is 1300. The number of hydrogen-bond acceptors (Lipinski definition) is 3. The third-order valence-electron chi connectivity index (χ3n) is 6.45. The second-order valence-corrected chi connectivity index (χ2v) is 10.8. The van der Waals surface area contributed by atoms with Crippen molar-refractivity contribution in [2.24, 2.45) is 0 Å². The first-order chi connectivity index (χ1) is 18.6. The van der Waals surface area contributed by atoms with Crippen LogP contribution >= 0.6 is 0 Å². The van der Waals surface area contributed by atoms with Crippen LogP contribution in [-0.4, -0.2) is 31.3 Å². The van der Waals surface area contributed by atoms with E-state index in [1.165, 1.54) is 11.1 Å². The van der Waals surface area contributed by atoms with Crippen molar-refractivity contribution in [1.82, 2.24) is 4.90 Å². The van der Waals surface area contributed by atoms with Crippen LogP contribution in [0.1, 0.15) is 65.5 Å². The van der Waals surface area contributed by atoms with Gasteiger partial charge in [0.2, 0.25) is 0 Å². The summed E-state index contributed by atoms with van der Waals surface area (Å²) in [6.45, 7) is 18.6. The molecule has 0 saturated carbocycles. The molecule has 1 atom stereocenters. The maximum Gasteiger partial charge on any atom is 0.494 e. The quantitative estimate of drug-likeness (QED) is 0.223. The monoisotopic (exact) mass is 521 g/mol. The Kier molecular flexibility index (Phi) is 11.0. The molecule has 0 radical (unpaired) electrons. The first-order valence-electron chi connectivity index (χ1n) is 13.9. The van der Waals surface area contributed by atoms with Crippen molar-refractivity contribution in [2.75, 3.05) is 7.05 Å². The zero-order valence-corrected chi connectivity index (χ0v) is 24.9. The van der Waals surface area contributed by atoms with Crippen LogP contribution in [0.15, 0.2) is 97.9 Å². The van der Waals surface area contributed by atoms with Gasteiger partial charge in [0.1, 0.15) is 0 Å². The first kappa shape index (κ1) is 30.2. The molecule has 39 heavy (non-hydrogen) atoms. The molecule has 0 fully saturated rings. The first-order valence-corrected chi connectivity index (χ1v) is 13.9. The van der Waals surface area contributed by atoms with Gasteiger partial charge in [0, 0.05) is 25.2 Å². The lowest BCUT2D eigenvalue weighted by Gasteiger charge is -2.21. The van der Waals surface area contributed by atoms with E-state index in [1.54, 1.807) is 0 Å². The van der Waals surface area contributed by atoms with E-state index in [1.807, 2.05) is 60.9 Å². The molecule has 0 aliphatic rings. The summed E-state index contributed by atoms with van der Waals surface area (Å²) in [6.07, 6.45) is 8.48. The van der Waals surface area contributed by atoms with E-state index in [2.05, 4.69) is 97.4 Å². The highest BCUT2D eigenvalue weighted by atomic mass is 16.6. The van der Waals surface area contributed by atoms with Crippen LogP contribution in [0.4, 0.5) is 0 Å². The molecule has 0 heterocycles. The Hall–Kier alpha value is -3.34. The zero-order chi connectivity index (χ0) is 28.5. The molecule has 0 amide bonds. The van der Waals surface area contributed by atoms with Crippen molar-refractivity contribution in [3.63, 3.8) is 0 Å². The van der Waals surface area contributed by atoms with Crippen molar-refractivity contribution in [3.8, 4) is 22.3 Å². The average Bonchev–Trinajstić information content (AvgIpc) is 2.91. The van der Waals surface area contributed by atoms with Crippen molar-refractivity contribution in [1.29, 1.82) is 0 Å². The molecule has 0 N–H and O–H groups in total. The van der Waals surface area contributed by atoms with Gasteiger partial charge in [-0.15, -0.1) is 0 Å². The lowest BCUT2D eigenvalue weighted by atomic mass is 9.75. The van der Waals surface area contributed by atoms with Gasteiger partial charge in [0.25, 0.3) is 0 Å². The molecule has 3 aromatic rings. The van der Waals surface area contributed by atoms with E-state index in [4.69, 9.17) is 9.31 Å². The maximum atomic E-state index is 6.27. The SMILES string of the molecule is C=C(C)c1cccc(-c2cc(B(OC(C)C)OC(C)C)cc(-c3cccc(C(C)/C=C/N(C)/C=C\C)c3)c2)c1. The van der Waals surface area contributed by atoms with Gasteiger partial charge in [-0.3, -0.25) is 0 Å². The third kappa shape index (κ3) is 8.85. The minimum absolute atomic E-state index is 0.0317. The van der Waals surface area contributed by atoms with Crippen molar-refractivity contribution in [3.05, 3.63) is 109 Å². The molecular weight excluding hydrogens is 477 g/mol. The summed E-state index contributed by atoms with van der Waals surface area (Å²) < 4.78 is 12.5. The standard InChI is InChI=1S/C35H44BNO2/c1-10-18-37(9)19-17-28(8)30-14-12-16-32(21-30)34-22-33(31-15-11-13-29(20-31)25(2)3)23-35(24-34)36(38-26(4)5)39-27(6)7/h10-24,26-28H,2H2,1,3-9H3/b18-10-,19-17+. The summed E-state index contributed by atoms with van der Waals surface area (Å²) in [5, 5.41) is 0. The normalized spacial score (nSPS) is 12.6. The van der Waals surface area contributed by atoms with E-state index in [9.17, 15) is 0 Å². The number of hydrogen-bond donors (Lipinski definition) is 0. The minimum atomic E-state index is -0.458. The molecule has 0 aliphatic heterocycles. The zero-order valence-electron chi connectivity index (χ0n) is 24.9. The number of allylic oxidation sites excluding steroid dienone is 3. The molecule has 4 heteroatoms. The van der Waals surface area contributed by atoms with Gasteiger partial charge in [-0.1, -0.05) is 85.8 Å². The Labute approximate surface area is 237 Å². The second kappa shape index (κ2) is 14.2. The van der Waals surface area contributed by atoms with Gasteiger partial charge in [0.05, 0.1) is 0 Å². The molecule has 0 saturated heterocycles. The largest absolute Gasteiger partial charge is 0.494 e. The fraction of sp³-hybridized carbons (Fsp3) is 0.314. The van der Waals surface area contributed by atoms with Crippen LogP contribution in [0.5, 0.6) is 0 Å². The topological polar surface area (TPSA) is 21.7 Å². The Balaban J connectivity index is 2.12. The highest BCUT2D eigenvalue weighted by Gasteiger charge is 2.26. The van der Waals surface area contributed by atoms with Crippen LogP contribution in [-0.2, 0) is 9.31 Å². The fourth-order valence-electron chi connectivity index (χ4n) is 4.43. The highest BCUT2D eigenvalue weighted by Crippen LogP contribution is 2.30. The number of benzene rings is 3. The van der Waals surface area contributed by atoms with Crippen LogP contribution in [0.25, 0.3) is 27.8 Å². The van der Waals surface area contributed by atoms with Crippen LogP contribution < -0.4 is 5.46 Å². The summed E-state index contributed by atoms with van der Waals surface area (Å²) in [5.74, 6) is 0.272. The van der Waals surface area contributed by atoms with Gasteiger partial charge in [-0.2, -0.15) is 0 Å². The molecule has 3 aromatic carbocycles. The van der Waals surface area contributed by atoms with E-state index in [-0.39, 0.29) is 18.1 Å². The van der Waals surface area contributed by atoms with Crippen LogP contribution in [0.2, 0.25) is 0 Å². The van der Waals surface area contributed by atoms with Gasteiger partial charge in [-0.05, 0) is 105 Å². The van der Waals surface area contributed by atoms with Gasteiger partial charge in [0.15, 0.2) is 0 Å². The molecule has 0 aromatic heterocycles. The van der Waals surface area contributed by atoms with E-state index in [0.29, 0.717) is 0 Å². The molecular formula is C35H44BNO2. The molecule has 204 valence electrons. The Morgan fingerprint density at radius 3 is 1.95 bits per heavy atom. The molecule has 3 rings (SSSR count). The minimum Gasteiger partial charge on any atom is -0.405 e. The van der Waals surface area contributed by atoms with E-state index < -0.39 is 7.12 Å². The summed E-state index contributed by atoms with van der Waals surface area (Å²) in [6, 6.07) is 24.0. The van der Waals surface area contributed by atoms with Crippen LogP contribution in [0.3, 0.4) is 0 Å². The van der Waals surface area contributed by atoms with Gasteiger partial charge < -0.3 is 14.2 Å². The van der Waals surface area contributed by atoms with Crippen molar-refractivity contribution >= 4 is 18.2 Å². The molecule has 3 nitrogen and oxygen atoms in total. The summed E-state index contributed by atoms with van der Waals surface area (Å²) in [5.41, 5.74) is 9.04. The molecule has 0 bridgehead atoms. The van der Waals surface area contributed by atoms with Crippen molar-refractivity contribution in [2.45, 2.75) is 66.6 Å². The Morgan fingerprint density at radius 2 is 1.38 bits per heavy atom. The summed E-state index contributed by atoms with van der Waals surface area (Å²) in [4.78, 5) is 2.07. The van der Waals surface area contributed by atoms with Gasteiger partial charge in [-0.25, -0.2) is 0 Å². The van der Waals surface area contributed by atoms with E-state index in [0.717, 1.165) is 33.3 Å². The fourth-order valence-corrected chi connectivity index (χ4v) is 4.43. The number of rotatable bonds is 12. The predicted molar refractivity (Wildman–Crippen MR) is 170 cm³/mol. The molecule has 0 aliphatic carbocycles. The summed E-state index contributed by atoms with van der Waals surface area (Å²) in [7, 11) is 1.59. The molecule has 1 unspecified atom stereocenters. The van der Waals surface area contributed by atoms with Crippen LogP contribution in [0, 0.1) is 0 Å². The molecule has 0 spiro atoms. The van der Waals surface area contributed by atoms with Gasteiger partial charge >= 0.3 is 7.12 Å². The second-order valence-electron chi connectivity index (χ2n) is 10.8. The Morgan fingerprint density at radius 1 is 0.795 bits per heavy atom. The summed E-state index contributed by atoms with van der Waals surface area (Å²) >= 11 is 0. The average molecular weight is 522 g/mol. The number of nitrogens with zero attached hydrogens (tertiary/aromatic N) is 1. The van der Waals surface area contributed by atoms with Crippen molar-refractivity contribution < 1.29 is 9.31 Å². The third-order valence-corrected chi connectivity index (χ3v) is 6.45. The lowest BCUT2D eigenvalue weighted by Crippen LogP contribution is -2.41. The highest BCUT2D eigenvalue weighted by molar-refractivity contribution is 6.61. The maximum absolute atomic E-state index is 6.27. The van der Waals surface area contributed by atoms with E-state index >= 15 is 0 Å². The predicted octanol–water partition coefficient (Wildman–Crippen LogP) is 8.68. The smallest absolute Gasteiger partial charge is 0.405 e. The lowest BCUT2D eigenvalue weighted by molar-refractivity contribution is 0.139.